The maximum atomic E-state index is 6.89. The Bertz CT molecular complexity index is 3270. The lowest BCUT2D eigenvalue weighted by Crippen LogP contribution is -2.25. The minimum Gasteiger partial charge on any atom is -0.456 e. The fourth-order valence-corrected chi connectivity index (χ4v) is 12.5. The fourth-order valence-electron chi connectivity index (χ4n) is 12.5. The Hall–Kier alpha value is -6.90. The molecule has 0 saturated heterocycles. The summed E-state index contributed by atoms with van der Waals surface area (Å²) in [7, 11) is 0. The molecule has 64 heavy (non-hydrogen) atoms. The van der Waals surface area contributed by atoms with Gasteiger partial charge in [0.2, 0.25) is 0 Å². The monoisotopic (exact) mass is 826 g/mol. The first kappa shape index (κ1) is 37.6. The van der Waals surface area contributed by atoms with Gasteiger partial charge in [0.05, 0.1) is 0 Å². The predicted octanol–water partition coefficient (Wildman–Crippen LogP) is 16.8. The summed E-state index contributed by atoms with van der Waals surface area (Å²) >= 11 is 0. The van der Waals surface area contributed by atoms with Gasteiger partial charge in [0.15, 0.2) is 0 Å². The number of ether oxygens (including phenoxy) is 2. The molecule has 4 aliphatic rings. The van der Waals surface area contributed by atoms with Crippen molar-refractivity contribution in [2.24, 2.45) is 0 Å². The minimum atomic E-state index is -0.218. The van der Waals surface area contributed by atoms with Gasteiger partial charge in [-0.1, -0.05) is 189 Å². The summed E-state index contributed by atoms with van der Waals surface area (Å²) in [6.07, 6.45) is 0. The molecule has 2 heterocycles. The predicted molar refractivity (Wildman–Crippen MR) is 265 cm³/mol. The highest BCUT2D eigenvalue weighted by molar-refractivity contribution is 6.21. The second-order valence-electron chi connectivity index (χ2n) is 20.8. The van der Waals surface area contributed by atoms with E-state index >= 15 is 0 Å². The van der Waals surface area contributed by atoms with Crippen molar-refractivity contribution in [3.05, 3.63) is 202 Å². The number of fused-ring (bicyclic) bond motifs is 14. The largest absolute Gasteiger partial charge is 0.456 e. The van der Waals surface area contributed by atoms with Crippen LogP contribution in [0.25, 0.3) is 66.1 Å². The normalized spacial score (nSPS) is 16.9. The molecule has 9 aromatic rings. The summed E-state index contributed by atoms with van der Waals surface area (Å²) in [5.41, 5.74) is 19.5. The smallest absolute Gasteiger partial charge is 0.139 e. The summed E-state index contributed by atoms with van der Waals surface area (Å²) in [6.45, 7) is 18.8. The third kappa shape index (κ3) is 4.71. The van der Waals surface area contributed by atoms with E-state index in [1.165, 1.54) is 111 Å². The quantitative estimate of drug-likeness (QED) is 0.162. The first-order valence-electron chi connectivity index (χ1n) is 22.9. The van der Waals surface area contributed by atoms with E-state index in [1.807, 2.05) is 0 Å². The molecule has 2 heteroatoms. The maximum absolute atomic E-state index is 6.89. The zero-order valence-electron chi connectivity index (χ0n) is 37.8. The summed E-state index contributed by atoms with van der Waals surface area (Å²) in [5.74, 6) is 3.91. The molecule has 2 aliphatic heterocycles. The van der Waals surface area contributed by atoms with E-state index in [-0.39, 0.29) is 21.7 Å². The van der Waals surface area contributed by atoms with Crippen LogP contribution in [0.1, 0.15) is 99.9 Å². The zero-order chi connectivity index (χ0) is 43.7. The van der Waals surface area contributed by atoms with Crippen molar-refractivity contribution in [3.8, 4) is 67.5 Å². The summed E-state index contributed by atoms with van der Waals surface area (Å²) in [6, 6.07) is 59.0. The molecule has 0 unspecified atom stereocenters. The van der Waals surface area contributed by atoms with Crippen LogP contribution in [0.3, 0.4) is 0 Å². The molecule has 0 spiro atoms. The van der Waals surface area contributed by atoms with E-state index in [9.17, 15) is 0 Å². The van der Waals surface area contributed by atoms with Crippen LogP contribution >= 0.6 is 0 Å². The number of para-hydroxylation sites is 2. The second-order valence-corrected chi connectivity index (χ2v) is 20.8. The van der Waals surface area contributed by atoms with Crippen LogP contribution in [0.5, 0.6) is 23.0 Å². The van der Waals surface area contributed by atoms with Gasteiger partial charge >= 0.3 is 0 Å². The maximum Gasteiger partial charge on any atom is 0.139 e. The molecule has 0 bridgehead atoms. The van der Waals surface area contributed by atoms with Crippen LogP contribution in [0.15, 0.2) is 158 Å². The van der Waals surface area contributed by atoms with Gasteiger partial charge in [-0.2, -0.15) is 0 Å². The topological polar surface area (TPSA) is 18.5 Å². The molecule has 0 aromatic heterocycles. The first-order chi connectivity index (χ1) is 30.8. The Morgan fingerprint density at radius 2 is 0.609 bits per heavy atom. The molecule has 13 rings (SSSR count). The number of rotatable bonds is 2. The van der Waals surface area contributed by atoms with Gasteiger partial charge in [-0.25, -0.2) is 0 Å². The average molecular weight is 827 g/mol. The van der Waals surface area contributed by atoms with Crippen LogP contribution in [0, 0.1) is 0 Å². The Morgan fingerprint density at radius 3 is 1.00 bits per heavy atom. The van der Waals surface area contributed by atoms with E-state index in [0.29, 0.717) is 0 Å². The lowest BCUT2D eigenvalue weighted by Gasteiger charge is -2.36. The minimum absolute atomic E-state index is 0.178. The summed E-state index contributed by atoms with van der Waals surface area (Å²) < 4.78 is 13.8. The lowest BCUT2D eigenvalue weighted by molar-refractivity contribution is 0.418. The Morgan fingerprint density at radius 1 is 0.281 bits per heavy atom. The standard InChI is InChI=1S/C62H50O2/c1-59(2)43-21-13-15-23-51(43)63-57-47(59)31-29-45-55(57)41-27-25-35(33-49(41)61(45,5)6)53-37-17-9-11-19-39(37)54(40-20-12-10-18-38(40)53)36-26-28-42-50(34-36)62(7,8)46-30-32-48-58(56(42)46)64-52-24-16-14-22-44(52)60(48,3)4/h9-34H,1-8H3. The molecule has 0 N–H and O–H groups in total. The van der Waals surface area contributed by atoms with Crippen LogP contribution in [-0.2, 0) is 21.7 Å². The third-order valence-electron chi connectivity index (χ3n) is 16.0. The molecule has 0 fully saturated rings. The lowest BCUT2D eigenvalue weighted by atomic mass is 9.74. The highest BCUT2D eigenvalue weighted by Crippen LogP contribution is 2.61. The Labute approximate surface area is 376 Å². The number of hydrogen-bond acceptors (Lipinski definition) is 2. The van der Waals surface area contributed by atoms with E-state index < -0.39 is 0 Å². The van der Waals surface area contributed by atoms with E-state index in [0.717, 1.165) is 23.0 Å². The van der Waals surface area contributed by atoms with Gasteiger partial charge < -0.3 is 9.47 Å². The van der Waals surface area contributed by atoms with E-state index in [2.05, 4.69) is 213 Å². The Balaban J connectivity index is 0.978. The molecule has 310 valence electrons. The van der Waals surface area contributed by atoms with Crippen LogP contribution in [0.4, 0.5) is 0 Å². The highest BCUT2D eigenvalue weighted by Gasteiger charge is 2.45. The molecule has 0 saturated carbocycles. The molecular formula is C62H50O2. The fraction of sp³-hybridized carbons (Fsp3) is 0.194. The number of hydrogen-bond donors (Lipinski definition) is 0. The van der Waals surface area contributed by atoms with Crippen molar-refractivity contribution in [3.63, 3.8) is 0 Å². The molecule has 0 atom stereocenters. The Kier molecular flexibility index (Phi) is 7.30. The van der Waals surface area contributed by atoms with Crippen LogP contribution in [-0.4, -0.2) is 0 Å². The second kappa shape index (κ2) is 12.4. The van der Waals surface area contributed by atoms with Gasteiger partial charge in [0.1, 0.15) is 23.0 Å². The highest BCUT2D eigenvalue weighted by atomic mass is 16.5. The van der Waals surface area contributed by atoms with Gasteiger partial charge in [-0.15, -0.1) is 0 Å². The first-order valence-corrected chi connectivity index (χ1v) is 22.9. The SMILES string of the molecule is CC1(C)c2ccccc2Oc2c1ccc1c2-c2ccc(-c3c4ccccc4c(-c4ccc5c(c4)C(C)(C)c4ccc6c(c4-5)Oc4ccccc4C6(C)C)c4ccccc34)cc2C1(C)C. The molecule has 9 aromatic carbocycles. The molecule has 2 nitrogen and oxygen atoms in total. The molecule has 2 aliphatic carbocycles. The van der Waals surface area contributed by atoms with Crippen molar-refractivity contribution >= 4 is 21.5 Å². The summed E-state index contributed by atoms with van der Waals surface area (Å²) in [4.78, 5) is 0. The van der Waals surface area contributed by atoms with Gasteiger partial charge in [-0.05, 0) is 101 Å². The number of benzene rings is 9. The van der Waals surface area contributed by atoms with E-state index in [4.69, 9.17) is 9.47 Å². The molecular weight excluding hydrogens is 777 g/mol. The molecule has 0 radical (unpaired) electrons. The molecule has 0 amide bonds. The average Bonchev–Trinajstić information content (AvgIpc) is 3.67. The van der Waals surface area contributed by atoms with Gasteiger partial charge in [0.25, 0.3) is 0 Å². The van der Waals surface area contributed by atoms with Gasteiger partial charge in [-0.3, -0.25) is 0 Å². The van der Waals surface area contributed by atoms with Crippen LogP contribution < -0.4 is 9.47 Å². The van der Waals surface area contributed by atoms with Crippen molar-refractivity contribution in [2.45, 2.75) is 77.0 Å². The summed E-state index contributed by atoms with van der Waals surface area (Å²) in [5, 5.41) is 5.04. The van der Waals surface area contributed by atoms with Crippen molar-refractivity contribution < 1.29 is 9.47 Å². The van der Waals surface area contributed by atoms with Crippen LogP contribution in [0.2, 0.25) is 0 Å². The third-order valence-corrected chi connectivity index (χ3v) is 16.0. The van der Waals surface area contributed by atoms with E-state index in [1.54, 1.807) is 0 Å². The van der Waals surface area contributed by atoms with Crippen molar-refractivity contribution in [2.75, 3.05) is 0 Å². The van der Waals surface area contributed by atoms with Crippen molar-refractivity contribution in [1.29, 1.82) is 0 Å². The van der Waals surface area contributed by atoms with Gasteiger partial charge in [0, 0.05) is 55.0 Å². The zero-order valence-corrected chi connectivity index (χ0v) is 37.8. The van der Waals surface area contributed by atoms with Crippen molar-refractivity contribution in [1.82, 2.24) is 0 Å².